The Morgan fingerprint density at radius 1 is 1.19 bits per heavy atom. The lowest BCUT2D eigenvalue weighted by Crippen LogP contribution is -2.12. The molecule has 0 atom stereocenters. The summed E-state index contributed by atoms with van der Waals surface area (Å²) in [4.78, 5) is 17.9. The van der Waals surface area contributed by atoms with E-state index in [-0.39, 0.29) is 5.91 Å². The number of rotatable bonds is 5. The number of amides is 1. The van der Waals surface area contributed by atoms with Crippen LogP contribution in [-0.4, -0.2) is 15.5 Å². The number of aryl methyl sites for hydroxylation is 2. The van der Waals surface area contributed by atoms with Crippen LogP contribution in [0.15, 0.2) is 42.6 Å². The van der Waals surface area contributed by atoms with Crippen molar-refractivity contribution >= 4 is 34.5 Å². The maximum absolute atomic E-state index is 12.1. The number of nitrogens with one attached hydrogen (secondary N) is 1. The van der Waals surface area contributed by atoms with Crippen LogP contribution >= 0.6 is 22.9 Å². The molecule has 26 heavy (non-hydrogen) atoms. The van der Waals surface area contributed by atoms with Crippen molar-refractivity contribution in [2.75, 3.05) is 5.32 Å². The van der Waals surface area contributed by atoms with Gasteiger partial charge in [-0.25, -0.2) is 4.98 Å². The molecule has 6 heteroatoms. The number of fused-ring (bicyclic) bond motifs is 1. The van der Waals surface area contributed by atoms with E-state index in [9.17, 15) is 4.79 Å². The fourth-order valence-corrected chi connectivity index (χ4v) is 4.40. The van der Waals surface area contributed by atoms with E-state index in [0.29, 0.717) is 12.8 Å². The number of hydrogen-bond donors (Lipinski definition) is 1. The summed E-state index contributed by atoms with van der Waals surface area (Å²) in [7, 11) is 0. The third kappa shape index (κ3) is 3.84. The van der Waals surface area contributed by atoms with Crippen LogP contribution in [0.5, 0.6) is 0 Å². The van der Waals surface area contributed by atoms with Crippen molar-refractivity contribution in [1.29, 1.82) is 0 Å². The van der Waals surface area contributed by atoms with Crippen molar-refractivity contribution in [1.82, 2.24) is 9.55 Å². The number of carbonyl (C=O) groups is 1. The van der Waals surface area contributed by atoms with Gasteiger partial charge in [0.1, 0.15) is 5.82 Å². The van der Waals surface area contributed by atoms with Crippen LogP contribution in [0.1, 0.15) is 29.8 Å². The summed E-state index contributed by atoms with van der Waals surface area (Å²) in [6.07, 6.45) is 6.71. The number of anilines is 1. The minimum Gasteiger partial charge on any atom is -0.328 e. The highest BCUT2D eigenvalue weighted by Crippen LogP contribution is 2.26. The fraction of sp³-hybridized carbons (Fsp3) is 0.300. The van der Waals surface area contributed by atoms with E-state index in [0.717, 1.165) is 39.3 Å². The van der Waals surface area contributed by atoms with Crippen LogP contribution in [0, 0.1) is 0 Å². The summed E-state index contributed by atoms with van der Waals surface area (Å²) in [5, 5.41) is 2.96. The number of benzene rings is 1. The monoisotopic (exact) mass is 385 g/mol. The molecule has 2 aromatic heterocycles. The van der Waals surface area contributed by atoms with Gasteiger partial charge in [-0.15, -0.1) is 11.3 Å². The molecule has 0 aliphatic carbocycles. The molecule has 3 heterocycles. The smallest absolute Gasteiger partial charge is 0.224 e. The summed E-state index contributed by atoms with van der Waals surface area (Å²) >= 11 is 7.44. The Labute approximate surface area is 161 Å². The first-order valence-corrected chi connectivity index (χ1v) is 10.1. The largest absolute Gasteiger partial charge is 0.328 e. The lowest BCUT2D eigenvalue weighted by molar-refractivity contribution is -0.116. The van der Waals surface area contributed by atoms with Crippen LogP contribution in [0.2, 0.25) is 4.34 Å². The minimum atomic E-state index is 0.0143. The van der Waals surface area contributed by atoms with E-state index in [1.165, 1.54) is 29.9 Å². The number of imidazole rings is 1. The highest BCUT2D eigenvalue weighted by molar-refractivity contribution is 7.16. The molecule has 1 aliphatic heterocycles. The number of hydrogen-bond acceptors (Lipinski definition) is 3. The van der Waals surface area contributed by atoms with Gasteiger partial charge in [0.05, 0.1) is 4.34 Å². The number of thiophene rings is 1. The maximum Gasteiger partial charge on any atom is 0.224 e. The van der Waals surface area contributed by atoms with E-state index in [1.54, 1.807) is 0 Å². The first kappa shape index (κ1) is 17.3. The van der Waals surface area contributed by atoms with Crippen LogP contribution in [-0.2, 0) is 24.2 Å². The highest BCUT2D eigenvalue weighted by Gasteiger charge is 2.15. The van der Waals surface area contributed by atoms with Crippen molar-refractivity contribution in [3.05, 3.63) is 57.5 Å². The van der Waals surface area contributed by atoms with Gasteiger partial charge in [0.25, 0.3) is 0 Å². The molecule has 3 aromatic rings. The maximum atomic E-state index is 12.1. The number of aromatic nitrogens is 2. The Hall–Kier alpha value is -2.11. The quantitative estimate of drug-likeness (QED) is 0.658. The van der Waals surface area contributed by atoms with E-state index < -0.39 is 0 Å². The predicted molar refractivity (Wildman–Crippen MR) is 107 cm³/mol. The van der Waals surface area contributed by atoms with Crippen LogP contribution < -0.4 is 5.32 Å². The van der Waals surface area contributed by atoms with Crippen molar-refractivity contribution < 1.29 is 4.79 Å². The van der Waals surface area contributed by atoms with Crippen molar-refractivity contribution in [3.63, 3.8) is 0 Å². The second-order valence-electron chi connectivity index (χ2n) is 6.51. The normalized spacial score (nSPS) is 13.4. The molecule has 4 rings (SSSR count). The van der Waals surface area contributed by atoms with Gasteiger partial charge in [-0.05, 0) is 62.1 Å². The molecular formula is C20H20ClN3OS. The Bertz CT molecular complexity index is 914. The van der Waals surface area contributed by atoms with E-state index in [2.05, 4.69) is 14.9 Å². The average molecular weight is 386 g/mol. The molecule has 1 aromatic carbocycles. The van der Waals surface area contributed by atoms with Gasteiger partial charge in [0.2, 0.25) is 5.91 Å². The average Bonchev–Trinajstić information content (AvgIpc) is 3.27. The molecular weight excluding hydrogens is 366 g/mol. The molecule has 0 saturated heterocycles. The Balaban J connectivity index is 1.38. The van der Waals surface area contributed by atoms with Gasteiger partial charge in [-0.2, -0.15) is 0 Å². The number of nitrogens with zero attached hydrogens (tertiary/aromatic N) is 2. The summed E-state index contributed by atoms with van der Waals surface area (Å²) in [5.74, 6) is 1.03. The summed E-state index contributed by atoms with van der Waals surface area (Å²) in [5.41, 5.74) is 3.22. The zero-order valence-electron chi connectivity index (χ0n) is 14.4. The third-order valence-corrected chi connectivity index (χ3v) is 5.95. The second-order valence-corrected chi connectivity index (χ2v) is 8.31. The summed E-state index contributed by atoms with van der Waals surface area (Å²) in [6.45, 7) is 1.04. The first-order chi connectivity index (χ1) is 12.7. The topological polar surface area (TPSA) is 46.9 Å². The second kappa shape index (κ2) is 7.64. The number of halogens is 1. The lowest BCUT2D eigenvalue weighted by atomic mass is 10.1. The molecule has 0 unspecified atom stereocenters. The zero-order valence-corrected chi connectivity index (χ0v) is 15.9. The van der Waals surface area contributed by atoms with Gasteiger partial charge in [0, 0.05) is 41.0 Å². The first-order valence-electron chi connectivity index (χ1n) is 8.88. The molecule has 1 N–H and O–H groups in total. The van der Waals surface area contributed by atoms with Crippen LogP contribution in [0.3, 0.4) is 0 Å². The van der Waals surface area contributed by atoms with Gasteiger partial charge >= 0.3 is 0 Å². The Morgan fingerprint density at radius 3 is 2.81 bits per heavy atom. The molecule has 0 saturated carbocycles. The Morgan fingerprint density at radius 2 is 2.04 bits per heavy atom. The van der Waals surface area contributed by atoms with Crippen LogP contribution in [0.25, 0.3) is 11.4 Å². The van der Waals surface area contributed by atoms with E-state index in [1.807, 2.05) is 42.6 Å². The lowest BCUT2D eigenvalue weighted by Gasteiger charge is -2.16. The molecule has 0 fully saturated rings. The highest BCUT2D eigenvalue weighted by atomic mass is 35.5. The molecule has 4 nitrogen and oxygen atoms in total. The SMILES string of the molecule is O=C(CCc1ccc(Cl)s1)Nc1ccc(-c2ncc3n2CCCC3)cc1. The van der Waals surface area contributed by atoms with Crippen molar-refractivity contribution in [2.45, 2.75) is 38.6 Å². The molecule has 134 valence electrons. The third-order valence-electron chi connectivity index (χ3n) is 4.66. The van der Waals surface area contributed by atoms with Gasteiger partial charge in [-0.1, -0.05) is 11.6 Å². The van der Waals surface area contributed by atoms with Crippen molar-refractivity contribution in [2.24, 2.45) is 0 Å². The molecule has 0 spiro atoms. The standard InChI is InChI=1S/C20H20ClN3OS/c21-18-10-8-17(26-18)9-11-19(25)23-15-6-4-14(5-7-15)20-22-13-16-3-1-2-12-24(16)20/h4-8,10,13H,1-3,9,11-12H2,(H,23,25). The predicted octanol–water partition coefficient (Wildman–Crippen LogP) is 5.17. The summed E-state index contributed by atoms with van der Waals surface area (Å²) in [6, 6.07) is 11.8. The van der Waals surface area contributed by atoms with Crippen molar-refractivity contribution in [3.8, 4) is 11.4 Å². The van der Waals surface area contributed by atoms with E-state index in [4.69, 9.17) is 11.6 Å². The van der Waals surface area contributed by atoms with E-state index >= 15 is 0 Å². The van der Waals surface area contributed by atoms with Crippen LogP contribution in [0.4, 0.5) is 5.69 Å². The molecule has 1 amide bonds. The summed E-state index contributed by atoms with van der Waals surface area (Å²) < 4.78 is 3.07. The Kier molecular flexibility index (Phi) is 5.09. The zero-order chi connectivity index (χ0) is 17.9. The molecule has 0 bridgehead atoms. The van der Waals surface area contributed by atoms with Gasteiger partial charge in [0.15, 0.2) is 0 Å². The fourth-order valence-electron chi connectivity index (χ4n) is 3.32. The molecule has 0 radical (unpaired) electrons. The molecule has 1 aliphatic rings. The minimum absolute atomic E-state index is 0.0143. The van der Waals surface area contributed by atoms with Gasteiger partial charge in [-0.3, -0.25) is 4.79 Å². The van der Waals surface area contributed by atoms with Gasteiger partial charge < -0.3 is 9.88 Å². The number of carbonyl (C=O) groups excluding carboxylic acids is 1.